The van der Waals surface area contributed by atoms with Crippen LogP contribution in [0.1, 0.15) is 39.0 Å². The van der Waals surface area contributed by atoms with Crippen LogP contribution in [0.4, 0.5) is 0 Å². The van der Waals surface area contributed by atoms with Gasteiger partial charge in [0.2, 0.25) is 0 Å². The lowest BCUT2D eigenvalue weighted by atomic mass is 9.76. The zero-order valence-electron chi connectivity index (χ0n) is 10.7. The molecule has 0 bridgehead atoms. The van der Waals surface area contributed by atoms with Gasteiger partial charge in [0.25, 0.3) is 0 Å². The Morgan fingerprint density at radius 3 is 3.00 bits per heavy atom. The molecule has 2 heterocycles. The number of piperidine rings is 1. The van der Waals surface area contributed by atoms with Crippen molar-refractivity contribution in [2.75, 3.05) is 24.6 Å². The second-order valence-electron chi connectivity index (χ2n) is 5.43. The summed E-state index contributed by atoms with van der Waals surface area (Å²) in [7, 11) is 0. The number of thioether (sulfide) groups is 1. The third kappa shape index (κ3) is 2.79. The van der Waals surface area contributed by atoms with E-state index in [2.05, 4.69) is 11.8 Å². The van der Waals surface area contributed by atoms with Crippen molar-refractivity contribution in [1.29, 1.82) is 0 Å². The summed E-state index contributed by atoms with van der Waals surface area (Å²) in [5, 5.41) is 9.55. The molecule has 0 aliphatic carbocycles. The van der Waals surface area contributed by atoms with Crippen molar-refractivity contribution in [2.24, 2.45) is 5.41 Å². The van der Waals surface area contributed by atoms with Crippen molar-refractivity contribution >= 4 is 17.7 Å². The van der Waals surface area contributed by atoms with Gasteiger partial charge in [-0.1, -0.05) is 13.3 Å². The summed E-state index contributed by atoms with van der Waals surface area (Å²) in [6.45, 7) is 3.97. The van der Waals surface area contributed by atoms with Gasteiger partial charge in [0.05, 0.1) is 5.41 Å². The molecule has 2 rings (SSSR count). The molecule has 3 nitrogen and oxygen atoms in total. The molecule has 0 spiro atoms. The largest absolute Gasteiger partial charge is 0.481 e. The van der Waals surface area contributed by atoms with E-state index in [9.17, 15) is 9.90 Å². The third-order valence-electron chi connectivity index (χ3n) is 4.21. The topological polar surface area (TPSA) is 40.5 Å². The van der Waals surface area contributed by atoms with Crippen LogP contribution in [-0.4, -0.2) is 46.6 Å². The first-order valence-electron chi connectivity index (χ1n) is 6.73. The highest BCUT2D eigenvalue weighted by Gasteiger charge is 2.43. The highest BCUT2D eigenvalue weighted by molar-refractivity contribution is 7.99. The van der Waals surface area contributed by atoms with Gasteiger partial charge in [-0.25, -0.2) is 0 Å². The highest BCUT2D eigenvalue weighted by atomic mass is 32.2. The molecule has 2 aliphatic rings. The standard InChI is InChI=1S/C13H23NO2S/c1-2-5-13(12(15)16)6-3-7-14(10-13)11-4-8-17-9-11/h11H,2-10H2,1H3,(H,15,16). The number of carbonyl (C=O) groups is 1. The molecule has 98 valence electrons. The Hall–Kier alpha value is -0.220. The highest BCUT2D eigenvalue weighted by Crippen LogP contribution is 2.37. The minimum absolute atomic E-state index is 0.458. The molecule has 2 aliphatic heterocycles. The molecule has 2 atom stereocenters. The van der Waals surface area contributed by atoms with Crippen LogP contribution in [0.3, 0.4) is 0 Å². The molecule has 2 saturated heterocycles. The fraction of sp³-hybridized carbons (Fsp3) is 0.923. The summed E-state index contributed by atoms with van der Waals surface area (Å²) >= 11 is 2.01. The van der Waals surface area contributed by atoms with E-state index in [-0.39, 0.29) is 0 Å². The lowest BCUT2D eigenvalue weighted by molar-refractivity contribution is -0.153. The summed E-state index contributed by atoms with van der Waals surface area (Å²) in [6.07, 6.45) is 4.96. The summed E-state index contributed by atoms with van der Waals surface area (Å²) in [5.41, 5.74) is -0.458. The van der Waals surface area contributed by atoms with E-state index in [0.29, 0.717) is 6.04 Å². The summed E-state index contributed by atoms with van der Waals surface area (Å²) in [4.78, 5) is 14.0. The fourth-order valence-electron chi connectivity index (χ4n) is 3.25. The van der Waals surface area contributed by atoms with Crippen molar-refractivity contribution in [3.05, 3.63) is 0 Å². The van der Waals surface area contributed by atoms with E-state index in [4.69, 9.17) is 0 Å². The van der Waals surface area contributed by atoms with Crippen molar-refractivity contribution < 1.29 is 9.90 Å². The number of likely N-dealkylation sites (tertiary alicyclic amines) is 1. The lowest BCUT2D eigenvalue weighted by Crippen LogP contribution is -2.51. The average Bonchev–Trinajstić information content (AvgIpc) is 2.83. The zero-order chi connectivity index (χ0) is 12.3. The van der Waals surface area contributed by atoms with E-state index in [1.807, 2.05) is 11.8 Å². The van der Waals surface area contributed by atoms with E-state index < -0.39 is 11.4 Å². The van der Waals surface area contributed by atoms with Crippen molar-refractivity contribution in [2.45, 2.75) is 45.1 Å². The van der Waals surface area contributed by atoms with Gasteiger partial charge >= 0.3 is 5.97 Å². The van der Waals surface area contributed by atoms with E-state index >= 15 is 0 Å². The molecular weight excluding hydrogens is 234 g/mol. The summed E-state index contributed by atoms with van der Waals surface area (Å²) in [5.74, 6) is 1.87. The number of hydrogen-bond donors (Lipinski definition) is 1. The van der Waals surface area contributed by atoms with Crippen molar-refractivity contribution in [3.63, 3.8) is 0 Å². The number of carboxylic acid groups (broad SMARTS) is 1. The maximum absolute atomic E-state index is 11.6. The van der Waals surface area contributed by atoms with Crippen LogP contribution in [0.25, 0.3) is 0 Å². The normalized spacial score (nSPS) is 35.0. The van der Waals surface area contributed by atoms with Crippen LogP contribution < -0.4 is 0 Å². The van der Waals surface area contributed by atoms with Crippen LogP contribution in [0.2, 0.25) is 0 Å². The Bertz CT molecular complexity index is 275. The lowest BCUT2D eigenvalue weighted by Gasteiger charge is -2.42. The second kappa shape index (κ2) is 5.61. The van der Waals surface area contributed by atoms with Gasteiger partial charge in [-0.15, -0.1) is 0 Å². The number of aliphatic carboxylic acids is 1. The van der Waals surface area contributed by atoms with Crippen LogP contribution in [0.5, 0.6) is 0 Å². The number of rotatable bonds is 4. The van der Waals surface area contributed by atoms with Crippen LogP contribution in [-0.2, 0) is 4.79 Å². The van der Waals surface area contributed by atoms with Gasteiger partial charge in [0.1, 0.15) is 0 Å². The Labute approximate surface area is 108 Å². The van der Waals surface area contributed by atoms with Crippen LogP contribution in [0.15, 0.2) is 0 Å². The first-order chi connectivity index (χ1) is 8.18. The predicted octanol–water partition coefficient (Wildman–Crippen LogP) is 2.46. The number of nitrogens with zero attached hydrogens (tertiary/aromatic N) is 1. The molecule has 1 N–H and O–H groups in total. The molecule has 17 heavy (non-hydrogen) atoms. The molecule has 0 radical (unpaired) electrons. The smallest absolute Gasteiger partial charge is 0.310 e. The van der Waals surface area contributed by atoms with Gasteiger partial charge in [-0.2, -0.15) is 11.8 Å². The second-order valence-corrected chi connectivity index (χ2v) is 6.58. The molecule has 0 aromatic rings. The van der Waals surface area contributed by atoms with Gasteiger partial charge < -0.3 is 5.11 Å². The first-order valence-corrected chi connectivity index (χ1v) is 7.88. The Morgan fingerprint density at radius 2 is 2.41 bits per heavy atom. The molecule has 0 aromatic carbocycles. The number of carboxylic acids is 1. The quantitative estimate of drug-likeness (QED) is 0.840. The van der Waals surface area contributed by atoms with E-state index in [1.54, 1.807) is 0 Å². The monoisotopic (exact) mass is 257 g/mol. The molecule has 4 heteroatoms. The van der Waals surface area contributed by atoms with Gasteiger partial charge in [0, 0.05) is 18.3 Å². The first kappa shape index (κ1) is 13.2. The Kier molecular flexibility index (Phi) is 4.36. The van der Waals surface area contributed by atoms with E-state index in [0.717, 1.165) is 38.8 Å². The fourth-order valence-corrected chi connectivity index (χ4v) is 4.51. The molecule has 0 aromatic heterocycles. The average molecular weight is 257 g/mol. The predicted molar refractivity (Wildman–Crippen MR) is 71.5 cm³/mol. The van der Waals surface area contributed by atoms with Gasteiger partial charge in [-0.3, -0.25) is 9.69 Å². The Balaban J connectivity index is 2.05. The number of hydrogen-bond acceptors (Lipinski definition) is 3. The van der Waals surface area contributed by atoms with E-state index in [1.165, 1.54) is 17.9 Å². The van der Waals surface area contributed by atoms with Gasteiger partial charge in [-0.05, 0) is 38.0 Å². The van der Waals surface area contributed by atoms with Gasteiger partial charge in [0.15, 0.2) is 0 Å². The van der Waals surface area contributed by atoms with Crippen LogP contribution in [0, 0.1) is 5.41 Å². The maximum atomic E-state index is 11.6. The summed E-state index contributed by atoms with van der Waals surface area (Å²) in [6, 6.07) is 0.635. The maximum Gasteiger partial charge on any atom is 0.310 e. The SMILES string of the molecule is CCCC1(C(=O)O)CCCN(C2CCSC2)C1. The zero-order valence-corrected chi connectivity index (χ0v) is 11.5. The molecule has 2 unspecified atom stereocenters. The molecular formula is C13H23NO2S. The van der Waals surface area contributed by atoms with Crippen LogP contribution >= 0.6 is 11.8 Å². The summed E-state index contributed by atoms with van der Waals surface area (Å²) < 4.78 is 0. The minimum atomic E-state index is -0.574. The van der Waals surface area contributed by atoms with Crippen molar-refractivity contribution in [1.82, 2.24) is 4.90 Å². The third-order valence-corrected chi connectivity index (χ3v) is 5.36. The van der Waals surface area contributed by atoms with Crippen molar-refractivity contribution in [3.8, 4) is 0 Å². The molecule has 2 fully saturated rings. The molecule has 0 amide bonds. The molecule has 0 saturated carbocycles. The Morgan fingerprint density at radius 1 is 1.59 bits per heavy atom. The minimum Gasteiger partial charge on any atom is -0.481 e.